The fraction of sp³-hybridized carbons (Fsp3) is 0.444. The molecule has 4 rings (SSSR count). The first-order valence-electron chi connectivity index (χ1n) is 12.8. The Balaban J connectivity index is 1.94. The van der Waals surface area contributed by atoms with Crippen LogP contribution in [0.4, 0.5) is 5.95 Å². The van der Waals surface area contributed by atoms with Crippen molar-refractivity contribution in [1.29, 1.82) is 0 Å². The Kier molecular flexibility index (Phi) is 8.51. The zero-order valence-electron chi connectivity index (χ0n) is 22.3. The van der Waals surface area contributed by atoms with Crippen LogP contribution in [0.1, 0.15) is 37.0 Å². The van der Waals surface area contributed by atoms with Crippen LogP contribution in [0.3, 0.4) is 0 Å². The fourth-order valence-electron chi connectivity index (χ4n) is 4.67. The van der Waals surface area contributed by atoms with Crippen molar-refractivity contribution in [2.24, 2.45) is 5.73 Å². The summed E-state index contributed by atoms with van der Waals surface area (Å²) in [6, 6.07) is 6.35. The van der Waals surface area contributed by atoms with Gasteiger partial charge in [0.25, 0.3) is 5.56 Å². The van der Waals surface area contributed by atoms with Crippen molar-refractivity contribution in [3.63, 3.8) is 0 Å². The van der Waals surface area contributed by atoms with E-state index < -0.39 is 36.1 Å². The molecule has 0 spiro atoms. The van der Waals surface area contributed by atoms with E-state index in [2.05, 4.69) is 16.8 Å². The smallest absolute Gasteiger partial charge is 0.333 e. The number of piperidine rings is 1. The first-order chi connectivity index (χ1) is 18.8. The minimum Gasteiger partial charge on any atom is -0.497 e. The predicted molar refractivity (Wildman–Crippen MR) is 145 cm³/mol. The highest BCUT2D eigenvalue weighted by molar-refractivity contribution is 5.96. The van der Waals surface area contributed by atoms with Gasteiger partial charge in [0.2, 0.25) is 5.95 Å². The van der Waals surface area contributed by atoms with Crippen LogP contribution < -0.4 is 26.6 Å². The van der Waals surface area contributed by atoms with Crippen LogP contribution in [0, 0.1) is 11.8 Å². The topological polar surface area (TPSA) is 144 Å². The first kappa shape index (κ1) is 27.7. The van der Waals surface area contributed by atoms with Crippen LogP contribution in [0.5, 0.6) is 5.75 Å². The lowest BCUT2D eigenvalue weighted by atomic mass is 10.1. The number of nitrogens with two attached hydrogens (primary N) is 1. The van der Waals surface area contributed by atoms with E-state index in [4.69, 9.17) is 15.2 Å². The second kappa shape index (κ2) is 12.0. The van der Waals surface area contributed by atoms with Gasteiger partial charge in [-0.15, -0.1) is 5.92 Å². The quantitative estimate of drug-likeness (QED) is 0.238. The molecule has 3 aromatic rings. The standard InChI is InChI=1S/C27H32N6O6/c1-4-6-13-31-23-24(29-26(31)30-12-8-10-19(28)15-30)32(17-22(35)39-5-2)27(37)33(25(23)36)16-21(34)18-9-7-11-20(14-18)38-3/h7,9,11,14,19H,5,8,10,12-13,15-17,28H2,1-3H3. The molecule has 39 heavy (non-hydrogen) atoms. The summed E-state index contributed by atoms with van der Waals surface area (Å²) in [5.41, 5.74) is 5.02. The van der Waals surface area contributed by atoms with Gasteiger partial charge in [0.15, 0.2) is 16.9 Å². The number of ketones is 1. The Morgan fingerprint density at radius 1 is 1.18 bits per heavy atom. The van der Waals surface area contributed by atoms with Crippen LogP contribution >= 0.6 is 0 Å². The molecule has 1 atom stereocenters. The van der Waals surface area contributed by atoms with E-state index >= 15 is 0 Å². The van der Waals surface area contributed by atoms with Crippen molar-refractivity contribution in [3.8, 4) is 17.6 Å². The number of carbonyl (C=O) groups is 2. The van der Waals surface area contributed by atoms with E-state index in [0.717, 1.165) is 22.0 Å². The summed E-state index contributed by atoms with van der Waals surface area (Å²) in [5, 5.41) is 0. The molecule has 1 saturated heterocycles. The molecule has 0 saturated carbocycles. The molecular formula is C27H32N6O6. The van der Waals surface area contributed by atoms with E-state index in [1.807, 2.05) is 4.90 Å². The van der Waals surface area contributed by atoms with Gasteiger partial charge in [-0.1, -0.05) is 18.1 Å². The SMILES string of the molecule is CC#CCn1c(N2CCCC(N)C2)nc2c1c(=O)n(CC(=O)c1cccc(OC)c1)c(=O)n2CC(=O)OCC. The highest BCUT2D eigenvalue weighted by Gasteiger charge is 2.28. The third kappa shape index (κ3) is 5.73. The first-order valence-corrected chi connectivity index (χ1v) is 12.8. The van der Waals surface area contributed by atoms with Crippen molar-refractivity contribution in [2.45, 2.75) is 52.4 Å². The molecule has 1 unspecified atom stereocenters. The number of methoxy groups -OCH3 is 1. The van der Waals surface area contributed by atoms with Gasteiger partial charge in [-0.3, -0.25) is 28.1 Å². The number of aromatic nitrogens is 4. The van der Waals surface area contributed by atoms with Gasteiger partial charge in [0, 0.05) is 24.7 Å². The van der Waals surface area contributed by atoms with Crippen LogP contribution in [-0.4, -0.2) is 63.3 Å². The molecule has 0 amide bonds. The van der Waals surface area contributed by atoms with E-state index in [9.17, 15) is 19.2 Å². The molecule has 1 aliphatic rings. The van der Waals surface area contributed by atoms with E-state index in [1.165, 1.54) is 13.2 Å². The number of ether oxygens (including phenoxy) is 2. The number of benzene rings is 1. The summed E-state index contributed by atoms with van der Waals surface area (Å²) in [7, 11) is 1.48. The number of anilines is 1. The molecule has 0 bridgehead atoms. The number of carbonyl (C=O) groups excluding carboxylic acids is 2. The van der Waals surface area contributed by atoms with Crippen LogP contribution in [0.25, 0.3) is 11.2 Å². The molecule has 1 aliphatic heterocycles. The summed E-state index contributed by atoms with van der Waals surface area (Å²) in [6.07, 6.45) is 1.69. The Bertz CT molecular complexity index is 1570. The fourth-order valence-corrected chi connectivity index (χ4v) is 4.67. The van der Waals surface area contributed by atoms with Gasteiger partial charge in [0.1, 0.15) is 12.3 Å². The summed E-state index contributed by atoms with van der Waals surface area (Å²) >= 11 is 0. The van der Waals surface area contributed by atoms with Crippen molar-refractivity contribution in [2.75, 3.05) is 31.7 Å². The lowest BCUT2D eigenvalue weighted by Crippen LogP contribution is -2.44. The Labute approximate surface area is 224 Å². The second-order valence-electron chi connectivity index (χ2n) is 9.17. The summed E-state index contributed by atoms with van der Waals surface area (Å²) in [5.74, 6) is 5.53. The van der Waals surface area contributed by atoms with E-state index in [1.54, 1.807) is 36.6 Å². The van der Waals surface area contributed by atoms with E-state index in [0.29, 0.717) is 24.8 Å². The summed E-state index contributed by atoms with van der Waals surface area (Å²) in [4.78, 5) is 59.8. The van der Waals surface area contributed by atoms with E-state index in [-0.39, 0.29) is 35.9 Å². The normalized spacial score (nSPS) is 15.1. The number of esters is 1. The third-order valence-corrected chi connectivity index (χ3v) is 6.53. The van der Waals surface area contributed by atoms with Gasteiger partial charge in [-0.25, -0.2) is 4.79 Å². The molecular weight excluding hydrogens is 504 g/mol. The lowest BCUT2D eigenvalue weighted by Gasteiger charge is -2.31. The predicted octanol–water partition coefficient (Wildman–Crippen LogP) is 0.765. The number of rotatable bonds is 9. The number of fused-ring (bicyclic) bond motifs is 1. The Morgan fingerprint density at radius 2 is 1.97 bits per heavy atom. The maximum atomic E-state index is 13.9. The maximum Gasteiger partial charge on any atom is 0.333 e. The third-order valence-electron chi connectivity index (χ3n) is 6.53. The summed E-state index contributed by atoms with van der Waals surface area (Å²) < 4.78 is 13.8. The molecule has 0 radical (unpaired) electrons. The molecule has 2 aromatic heterocycles. The maximum absolute atomic E-state index is 13.9. The average Bonchev–Trinajstić information content (AvgIpc) is 3.31. The summed E-state index contributed by atoms with van der Waals surface area (Å²) in [6.45, 7) is 3.70. The average molecular weight is 537 g/mol. The monoisotopic (exact) mass is 536 g/mol. The van der Waals surface area contributed by atoms with Gasteiger partial charge in [-0.05, 0) is 38.8 Å². The van der Waals surface area contributed by atoms with Crippen molar-refractivity contribution in [1.82, 2.24) is 18.7 Å². The lowest BCUT2D eigenvalue weighted by molar-refractivity contribution is -0.143. The molecule has 3 heterocycles. The molecule has 0 aliphatic carbocycles. The van der Waals surface area contributed by atoms with Gasteiger partial charge >= 0.3 is 11.7 Å². The molecule has 2 N–H and O–H groups in total. The number of hydrogen-bond donors (Lipinski definition) is 1. The van der Waals surface area contributed by atoms with Crippen LogP contribution in [0.2, 0.25) is 0 Å². The highest BCUT2D eigenvalue weighted by Crippen LogP contribution is 2.23. The van der Waals surface area contributed by atoms with Crippen molar-refractivity contribution < 1.29 is 19.1 Å². The second-order valence-corrected chi connectivity index (χ2v) is 9.17. The molecule has 206 valence electrons. The molecule has 1 aromatic carbocycles. The number of nitrogens with zero attached hydrogens (tertiary/aromatic N) is 5. The number of hydrogen-bond acceptors (Lipinski definition) is 9. The number of imidazole rings is 1. The van der Waals surface area contributed by atoms with Crippen molar-refractivity contribution in [3.05, 3.63) is 50.7 Å². The highest BCUT2D eigenvalue weighted by atomic mass is 16.5. The zero-order valence-corrected chi connectivity index (χ0v) is 22.3. The van der Waals surface area contributed by atoms with Gasteiger partial charge in [0.05, 0.1) is 26.8 Å². The molecule has 12 nitrogen and oxygen atoms in total. The van der Waals surface area contributed by atoms with Crippen LogP contribution in [-0.2, 0) is 29.2 Å². The number of Topliss-reactive ketones (excluding diaryl/α,β-unsaturated/α-hetero) is 1. The minimum atomic E-state index is -0.843. The van der Waals surface area contributed by atoms with Crippen molar-refractivity contribution >= 4 is 28.9 Å². The van der Waals surface area contributed by atoms with Gasteiger partial charge < -0.3 is 20.1 Å². The van der Waals surface area contributed by atoms with Gasteiger partial charge in [-0.2, -0.15) is 4.98 Å². The Morgan fingerprint density at radius 3 is 2.67 bits per heavy atom. The molecule has 12 heteroatoms. The Hall–Kier alpha value is -4.37. The zero-order chi connectivity index (χ0) is 28.1. The molecule has 1 fully saturated rings. The van der Waals surface area contributed by atoms with Crippen LogP contribution in [0.15, 0.2) is 33.9 Å². The largest absolute Gasteiger partial charge is 0.497 e. The minimum absolute atomic E-state index is 0.0233.